The number of aliphatic imine (C=N–C) groups is 1. The molecule has 27 heteroatoms. The first kappa shape index (κ1) is 73.9. The fraction of sp³-hybridized carbons (Fsp3) is 0.400. The van der Waals surface area contributed by atoms with Crippen LogP contribution in [-0.2, 0) is 80.3 Å². The number of methoxy groups -OCH3 is 1. The molecule has 8 atom stereocenters. The highest BCUT2D eigenvalue weighted by atomic mass is 16.5. The zero-order valence-corrected chi connectivity index (χ0v) is 54.9. The Morgan fingerprint density at radius 2 is 1.14 bits per heavy atom. The minimum absolute atomic E-state index is 0.0523. The second-order valence-electron chi connectivity index (χ2n) is 24.0. The number of guanidine groups is 1. The Morgan fingerprint density at radius 3 is 1.73 bits per heavy atom. The van der Waals surface area contributed by atoms with Crippen LogP contribution >= 0.6 is 0 Å². The largest absolute Gasteiger partial charge is 0.508 e. The highest BCUT2D eigenvalue weighted by Gasteiger charge is 2.40. The molecule has 0 saturated carbocycles. The monoisotopic (exact) mass is 1340 g/mol. The fourth-order valence-electron chi connectivity index (χ4n) is 11.1. The van der Waals surface area contributed by atoms with Gasteiger partial charge in [0.05, 0.1) is 26.9 Å². The van der Waals surface area contributed by atoms with Gasteiger partial charge in [-0.2, -0.15) is 0 Å². The van der Waals surface area contributed by atoms with E-state index < -0.39 is 102 Å². The van der Waals surface area contributed by atoms with Gasteiger partial charge in [-0.05, 0) is 103 Å². The zero-order chi connectivity index (χ0) is 69.8. The lowest BCUT2D eigenvalue weighted by atomic mass is 9.99. The number of hydrogen-bond acceptors (Lipinski definition) is 15. The summed E-state index contributed by atoms with van der Waals surface area (Å²) >= 11 is 0. The highest BCUT2D eigenvalue weighted by Crippen LogP contribution is 2.23. The average Bonchev–Trinajstić information content (AvgIpc) is 1.68. The molecule has 0 unspecified atom stereocenters. The Hall–Kier alpha value is -10.5. The highest BCUT2D eigenvalue weighted by molar-refractivity contribution is 5.99. The molecular formula is C70H89N13O14. The lowest BCUT2D eigenvalue weighted by molar-refractivity contribution is -0.142. The van der Waals surface area contributed by atoms with Crippen LogP contribution < -0.4 is 58.7 Å². The van der Waals surface area contributed by atoms with E-state index in [1.165, 1.54) is 36.3 Å². The number of carbonyl (C=O) groups is 9. The summed E-state index contributed by atoms with van der Waals surface area (Å²) in [6.07, 6.45) is 1.40. The van der Waals surface area contributed by atoms with Gasteiger partial charge in [0.25, 0.3) is 0 Å². The van der Waals surface area contributed by atoms with Crippen molar-refractivity contribution in [3.05, 3.63) is 167 Å². The minimum Gasteiger partial charge on any atom is -0.508 e. The summed E-state index contributed by atoms with van der Waals surface area (Å²) < 4.78 is 16.8. The molecule has 1 fully saturated rings. The summed E-state index contributed by atoms with van der Waals surface area (Å²) in [5, 5.41) is 43.6. The summed E-state index contributed by atoms with van der Waals surface area (Å²) in [6.45, 7) is 4.68. The molecule has 7 rings (SSSR count). The van der Waals surface area contributed by atoms with Crippen molar-refractivity contribution in [1.29, 1.82) is 0 Å². The number of phenolic OH excluding ortho intramolecular Hbond substituents is 1. The molecule has 1 saturated heterocycles. The number of rotatable bonds is 36. The maximum absolute atomic E-state index is 15.0. The number of nitrogens with one attached hydrogen (secondary N) is 9. The zero-order valence-electron chi connectivity index (χ0n) is 54.9. The Bertz CT molecular complexity index is 3610. The second kappa shape index (κ2) is 37.5. The van der Waals surface area contributed by atoms with Crippen LogP contribution in [0, 0.1) is 5.92 Å². The second-order valence-corrected chi connectivity index (χ2v) is 24.0. The van der Waals surface area contributed by atoms with Gasteiger partial charge >= 0.3 is 6.09 Å². The number of ether oxygens (including phenoxy) is 3. The number of alkyl carbamates (subject to hydrolysis) is 1. The van der Waals surface area contributed by atoms with Gasteiger partial charge in [-0.3, -0.25) is 43.3 Å². The number of nitrogens with two attached hydrogens (primary N) is 2. The van der Waals surface area contributed by atoms with Crippen molar-refractivity contribution in [3.8, 4) is 11.5 Å². The quantitative estimate of drug-likeness (QED) is 0.0153. The Labute approximate surface area is 563 Å². The van der Waals surface area contributed by atoms with Crippen LogP contribution in [0.3, 0.4) is 0 Å². The summed E-state index contributed by atoms with van der Waals surface area (Å²) in [7, 11) is 1.48. The van der Waals surface area contributed by atoms with E-state index in [4.69, 9.17) is 25.7 Å². The van der Waals surface area contributed by atoms with Crippen molar-refractivity contribution < 1.29 is 67.6 Å². The van der Waals surface area contributed by atoms with E-state index in [-0.39, 0.29) is 95.0 Å². The first-order valence-corrected chi connectivity index (χ1v) is 32.3. The van der Waals surface area contributed by atoms with E-state index in [9.17, 15) is 48.6 Å². The number of H-pyrrole nitrogens is 1. The number of benzene rings is 5. The number of para-hydroxylation sites is 1. The van der Waals surface area contributed by atoms with Gasteiger partial charge in [-0.15, -0.1) is 0 Å². The molecule has 97 heavy (non-hydrogen) atoms. The van der Waals surface area contributed by atoms with Gasteiger partial charge in [0.2, 0.25) is 47.3 Å². The topological polar surface area (TPSA) is 401 Å². The third-order valence-electron chi connectivity index (χ3n) is 16.1. The molecule has 5 aromatic carbocycles. The van der Waals surface area contributed by atoms with E-state index in [0.717, 1.165) is 5.56 Å². The van der Waals surface area contributed by atoms with Crippen LogP contribution in [-0.4, -0.2) is 168 Å². The standard InChI is InChI=1S/C70H89N13O14/c1-5-73-67(92)60-23-15-33-83(60)68(93)53(22-14-32-74-69(71)72)76-61(86)54(34-43(2)3)77-62(87)55(36-45-26-30-50(95-4)31-27-45)78-63(88)56(35-44-24-28-49(85)29-25-44)79-65(90)58(39-84)81-64(89)57(37-48-38-75-52-21-13-12-20-51(48)52)80-66(91)59(42-96-40-46-16-8-6-9-17-46)82-70(94)97-41-47-18-10-7-11-19-47/h6-13,16-21,24-31,38,43,53-60,75,84-85H,5,14-15,22-23,32-37,39-42H2,1-4H3,(H,73,92)(H,76,86)(H,77,87)(H,78,88)(H,79,90)(H,80,91)(H,81,89)(H,82,94)(H4,71,72,74)/t53-,54-,55+,56-,57-,58-,59-,60-/m0/s1. The Morgan fingerprint density at radius 1 is 0.619 bits per heavy atom. The molecule has 0 radical (unpaired) electrons. The van der Waals surface area contributed by atoms with E-state index in [1.807, 2.05) is 56.3 Å². The van der Waals surface area contributed by atoms with Crippen molar-refractivity contribution in [1.82, 2.24) is 52.4 Å². The number of nitrogens with zero attached hydrogens (tertiary/aromatic N) is 2. The van der Waals surface area contributed by atoms with Gasteiger partial charge in [0.1, 0.15) is 66.4 Å². The number of aromatic nitrogens is 1. The smallest absolute Gasteiger partial charge is 0.408 e. The van der Waals surface area contributed by atoms with Crippen LogP contribution in [0.5, 0.6) is 11.5 Å². The summed E-state index contributed by atoms with van der Waals surface area (Å²) in [5.74, 6) is -6.22. The van der Waals surface area contributed by atoms with Gasteiger partial charge in [0.15, 0.2) is 5.96 Å². The van der Waals surface area contributed by atoms with Gasteiger partial charge in [-0.25, -0.2) is 4.79 Å². The molecule has 1 aliphatic heterocycles. The third kappa shape index (κ3) is 23.1. The van der Waals surface area contributed by atoms with Crippen molar-refractivity contribution in [3.63, 3.8) is 0 Å². The number of hydrogen-bond donors (Lipinski definition) is 13. The molecule has 0 spiro atoms. The molecule has 1 aromatic heterocycles. The fourth-order valence-corrected chi connectivity index (χ4v) is 11.1. The number of likely N-dealkylation sites (N-methyl/N-ethyl adjacent to an activating group) is 1. The molecule has 1 aliphatic rings. The van der Waals surface area contributed by atoms with Gasteiger partial charge < -0.3 is 88.3 Å². The third-order valence-corrected chi connectivity index (χ3v) is 16.1. The summed E-state index contributed by atoms with van der Waals surface area (Å²) in [4.78, 5) is 138. The van der Waals surface area contributed by atoms with Gasteiger partial charge in [-0.1, -0.05) is 117 Å². The van der Waals surface area contributed by atoms with Crippen LogP contribution in [0.4, 0.5) is 4.79 Å². The van der Waals surface area contributed by atoms with Crippen LogP contribution in [0.1, 0.15) is 80.7 Å². The van der Waals surface area contributed by atoms with E-state index in [1.54, 1.807) is 79.9 Å². The maximum Gasteiger partial charge on any atom is 0.408 e. The Balaban J connectivity index is 1.14. The number of aliphatic hydroxyl groups excluding tert-OH is 1. The predicted octanol–water partition coefficient (Wildman–Crippen LogP) is 2.55. The van der Waals surface area contributed by atoms with Crippen molar-refractivity contribution >= 4 is 70.2 Å². The molecule has 518 valence electrons. The SMILES string of the molecule is CCNC(=O)[C@@H]1CCCN1C(=O)[C@H](CCCN=C(N)N)NC(=O)[C@H](CC(C)C)NC(=O)[C@@H](Cc1ccc(OC)cc1)NC(=O)[C@H](Cc1ccc(O)cc1)NC(=O)[C@H](CO)NC(=O)[C@H](Cc1c[nH]c2ccccc12)NC(=O)[C@H](COCc1ccccc1)NC(=O)OCc1ccccc1. The van der Waals surface area contributed by atoms with Crippen LogP contribution in [0.2, 0.25) is 0 Å². The molecule has 27 nitrogen and oxygen atoms in total. The molecule has 9 amide bonds. The van der Waals surface area contributed by atoms with Crippen molar-refractivity contribution in [2.24, 2.45) is 22.4 Å². The number of amides is 9. The van der Waals surface area contributed by atoms with Crippen LogP contribution in [0.25, 0.3) is 10.9 Å². The normalized spacial score (nSPS) is 14.8. The predicted molar refractivity (Wildman–Crippen MR) is 362 cm³/mol. The maximum atomic E-state index is 15.0. The Kier molecular flexibility index (Phi) is 28.6. The summed E-state index contributed by atoms with van der Waals surface area (Å²) in [5.41, 5.74) is 14.9. The number of aromatic amines is 1. The van der Waals surface area contributed by atoms with Crippen molar-refractivity contribution in [2.75, 3.05) is 40.0 Å². The van der Waals surface area contributed by atoms with Crippen LogP contribution in [0.15, 0.2) is 145 Å². The number of likely N-dealkylation sites (tertiary alicyclic amines) is 1. The molecule has 0 bridgehead atoms. The minimum atomic E-state index is -1.79. The first-order chi connectivity index (χ1) is 46.7. The van der Waals surface area contributed by atoms with E-state index in [0.29, 0.717) is 58.3 Å². The van der Waals surface area contributed by atoms with E-state index >= 15 is 4.79 Å². The summed E-state index contributed by atoms with van der Waals surface area (Å²) in [6, 6.07) is 26.5. The lowest BCUT2D eigenvalue weighted by Gasteiger charge is -2.30. The number of aliphatic hydroxyl groups is 1. The number of phenols is 1. The molecule has 0 aliphatic carbocycles. The van der Waals surface area contributed by atoms with E-state index in [2.05, 4.69) is 52.5 Å². The molecule has 2 heterocycles. The average molecular weight is 1340 g/mol. The number of carbonyl (C=O) groups excluding carboxylic acids is 9. The van der Waals surface area contributed by atoms with Gasteiger partial charge in [0, 0.05) is 56.0 Å². The number of aromatic hydroxyl groups is 1. The molecule has 15 N–H and O–H groups in total. The molecule has 6 aromatic rings. The first-order valence-electron chi connectivity index (χ1n) is 32.3. The number of fused-ring (bicyclic) bond motifs is 1. The lowest BCUT2D eigenvalue weighted by Crippen LogP contribution is -2.61. The van der Waals surface area contributed by atoms with Crippen molar-refractivity contribution in [2.45, 2.75) is 134 Å². The molecular weight excluding hydrogens is 1250 g/mol.